The zero-order valence-corrected chi connectivity index (χ0v) is 26.9. The van der Waals surface area contributed by atoms with E-state index in [1.54, 1.807) is 12.1 Å². The number of aliphatic hydroxyl groups excluding tert-OH is 1. The van der Waals surface area contributed by atoms with Gasteiger partial charge in [0.2, 0.25) is 11.8 Å². The molecular formula is C34H42N4O5S. The first-order valence-electron chi connectivity index (χ1n) is 15.5. The van der Waals surface area contributed by atoms with Gasteiger partial charge in [-0.05, 0) is 99.5 Å². The molecule has 1 aliphatic heterocycles. The van der Waals surface area contributed by atoms with Gasteiger partial charge in [0, 0.05) is 29.3 Å². The van der Waals surface area contributed by atoms with Crippen LogP contribution in [0.2, 0.25) is 0 Å². The van der Waals surface area contributed by atoms with Crippen molar-refractivity contribution in [3.05, 3.63) is 64.7 Å². The first kappa shape index (κ1) is 30.5. The molecule has 234 valence electrons. The van der Waals surface area contributed by atoms with Crippen molar-refractivity contribution in [1.29, 1.82) is 0 Å². The van der Waals surface area contributed by atoms with E-state index in [0.717, 1.165) is 42.4 Å². The van der Waals surface area contributed by atoms with Crippen molar-refractivity contribution >= 4 is 21.9 Å². The number of nitrogens with zero attached hydrogens (tertiary/aromatic N) is 3. The number of hydrogen-bond acceptors (Lipinski definition) is 7. The number of ether oxygens (including phenoxy) is 1. The summed E-state index contributed by atoms with van der Waals surface area (Å²) in [5, 5.41) is 9.61. The minimum atomic E-state index is -4.12. The number of aryl methyl sites for hydroxylation is 2. The summed E-state index contributed by atoms with van der Waals surface area (Å²) >= 11 is 0. The van der Waals surface area contributed by atoms with E-state index in [-0.39, 0.29) is 59.3 Å². The summed E-state index contributed by atoms with van der Waals surface area (Å²) in [7, 11) is -4.12. The van der Waals surface area contributed by atoms with E-state index in [2.05, 4.69) is 23.6 Å². The average Bonchev–Trinajstić information content (AvgIpc) is 2.92. The van der Waals surface area contributed by atoms with Crippen LogP contribution in [0, 0.1) is 38.0 Å². The zero-order valence-electron chi connectivity index (χ0n) is 26.1. The fourth-order valence-corrected chi connectivity index (χ4v) is 8.60. The summed E-state index contributed by atoms with van der Waals surface area (Å²) < 4.78 is 36.3. The van der Waals surface area contributed by atoms with Crippen LogP contribution >= 0.6 is 0 Å². The van der Waals surface area contributed by atoms with Gasteiger partial charge >= 0.3 is 0 Å². The van der Waals surface area contributed by atoms with Crippen LogP contribution in [-0.4, -0.2) is 59.6 Å². The molecule has 1 amide bonds. The highest BCUT2D eigenvalue weighted by atomic mass is 32.2. The molecule has 6 rings (SSSR count). The third kappa shape index (κ3) is 5.58. The van der Waals surface area contributed by atoms with Crippen molar-refractivity contribution in [2.45, 2.75) is 83.7 Å². The van der Waals surface area contributed by atoms with Crippen LogP contribution in [-0.2, 0) is 10.0 Å². The minimum Gasteiger partial charge on any atom is -0.475 e. The van der Waals surface area contributed by atoms with Crippen LogP contribution in [0.15, 0.2) is 47.4 Å². The van der Waals surface area contributed by atoms with E-state index in [1.165, 1.54) is 12.1 Å². The largest absolute Gasteiger partial charge is 0.475 e. The molecule has 10 heteroatoms. The lowest BCUT2D eigenvalue weighted by Gasteiger charge is -2.60. The Morgan fingerprint density at radius 1 is 1.05 bits per heavy atom. The Kier molecular flexibility index (Phi) is 7.94. The van der Waals surface area contributed by atoms with E-state index < -0.39 is 10.0 Å². The van der Waals surface area contributed by atoms with E-state index in [9.17, 15) is 18.3 Å². The molecule has 44 heavy (non-hydrogen) atoms. The minimum absolute atomic E-state index is 0.00486. The van der Waals surface area contributed by atoms with Crippen LogP contribution in [0.4, 0.5) is 5.95 Å². The highest BCUT2D eigenvalue weighted by Crippen LogP contribution is 2.60. The Morgan fingerprint density at radius 2 is 1.73 bits per heavy atom. The molecule has 1 atom stereocenters. The molecule has 3 aliphatic rings. The Hall–Kier alpha value is -3.50. The van der Waals surface area contributed by atoms with Gasteiger partial charge in [-0.2, -0.15) is 4.98 Å². The summed E-state index contributed by atoms with van der Waals surface area (Å²) in [5.74, 6) is 0.635. The predicted molar refractivity (Wildman–Crippen MR) is 169 cm³/mol. The standard InChI is InChI=1S/C34H42N4O5S/c1-20(2)12-26-19-43-31-23(5)30(29-21(3)8-6-9-22(29)4)35-33(36-31)37-44(41,42)28-11-7-10-25(13-28)32(40)38(26)27-16-34(17-27)14-24(15-34)18-39/h6-11,13,20,24,26-27,39H,12,14-19H2,1-5H3,(H,35,36,37)/t24-,26-,27-,34?/m1/s1. The number of hydrogen-bond donors (Lipinski definition) is 2. The van der Waals surface area contributed by atoms with Crippen LogP contribution in [0.25, 0.3) is 11.3 Å². The Balaban J connectivity index is 1.46. The molecular weight excluding hydrogens is 576 g/mol. The predicted octanol–water partition coefficient (Wildman–Crippen LogP) is 5.67. The van der Waals surface area contributed by atoms with Crippen molar-refractivity contribution in [3.63, 3.8) is 0 Å². The van der Waals surface area contributed by atoms with Gasteiger partial charge in [-0.3, -0.25) is 4.79 Å². The normalized spacial score (nSPS) is 26.0. The highest BCUT2D eigenvalue weighted by Gasteiger charge is 2.55. The van der Waals surface area contributed by atoms with Crippen LogP contribution in [0.3, 0.4) is 0 Å². The summed E-state index contributed by atoms with van der Waals surface area (Å²) in [5.41, 5.74) is 4.72. The summed E-state index contributed by atoms with van der Waals surface area (Å²) in [6.07, 6.45) is 4.42. The molecule has 2 heterocycles. The smallest absolute Gasteiger partial charge is 0.264 e. The molecule has 2 saturated carbocycles. The highest BCUT2D eigenvalue weighted by molar-refractivity contribution is 7.92. The van der Waals surface area contributed by atoms with Gasteiger partial charge in [0.15, 0.2) is 0 Å². The van der Waals surface area contributed by atoms with Crippen molar-refractivity contribution in [2.24, 2.45) is 17.3 Å². The van der Waals surface area contributed by atoms with E-state index >= 15 is 0 Å². The van der Waals surface area contributed by atoms with E-state index in [4.69, 9.17) is 9.72 Å². The third-order valence-electron chi connectivity index (χ3n) is 9.65. The maximum atomic E-state index is 14.3. The maximum absolute atomic E-state index is 14.3. The molecule has 0 saturated heterocycles. The van der Waals surface area contributed by atoms with Crippen LogP contribution < -0.4 is 9.46 Å². The van der Waals surface area contributed by atoms with Gasteiger partial charge in [0.05, 0.1) is 16.6 Å². The van der Waals surface area contributed by atoms with Crippen molar-refractivity contribution in [3.8, 4) is 17.1 Å². The summed E-state index contributed by atoms with van der Waals surface area (Å²) in [4.78, 5) is 25.5. The number of fused-ring (bicyclic) bond motifs is 4. The molecule has 1 aromatic heterocycles. The number of carbonyl (C=O) groups excluding carboxylic acids is 1. The molecule has 1 spiro atoms. The summed E-state index contributed by atoms with van der Waals surface area (Å²) in [6.45, 7) is 10.6. The lowest BCUT2D eigenvalue weighted by molar-refractivity contribution is -0.102. The fourth-order valence-electron chi connectivity index (χ4n) is 7.61. The maximum Gasteiger partial charge on any atom is 0.264 e. The molecule has 2 aliphatic carbocycles. The van der Waals surface area contributed by atoms with Crippen molar-refractivity contribution in [1.82, 2.24) is 14.9 Å². The molecule has 2 aromatic carbocycles. The van der Waals surface area contributed by atoms with Crippen LogP contribution in [0.5, 0.6) is 5.88 Å². The second-order valence-corrected chi connectivity index (χ2v) is 15.2. The number of nitrogens with one attached hydrogen (secondary N) is 1. The Bertz CT molecular complexity index is 1670. The number of anilines is 1. The topological polar surface area (TPSA) is 122 Å². The SMILES string of the molecule is Cc1cccc(C)c1-c1nc2nc(c1C)OC[C@@H](CC(C)C)N([C@H]1CC3(C[C@H](CO)C3)C1)C(=O)c1cccc(c1)S(=O)(=O)N2. The van der Waals surface area contributed by atoms with Gasteiger partial charge < -0.3 is 14.7 Å². The second kappa shape index (κ2) is 11.5. The zero-order chi connectivity index (χ0) is 31.4. The molecule has 9 nitrogen and oxygen atoms in total. The quantitative estimate of drug-likeness (QED) is 0.378. The van der Waals surface area contributed by atoms with Gasteiger partial charge in [0.25, 0.3) is 15.9 Å². The molecule has 3 aromatic rings. The van der Waals surface area contributed by atoms with Crippen molar-refractivity contribution in [2.75, 3.05) is 17.9 Å². The van der Waals surface area contributed by atoms with Gasteiger partial charge in [-0.1, -0.05) is 38.1 Å². The van der Waals surface area contributed by atoms with Gasteiger partial charge in [0.1, 0.15) is 6.61 Å². The van der Waals surface area contributed by atoms with E-state index in [0.29, 0.717) is 29.2 Å². The average molecular weight is 619 g/mol. The molecule has 4 bridgehead atoms. The number of aromatic nitrogens is 2. The first-order valence-corrected chi connectivity index (χ1v) is 17.0. The number of carbonyl (C=O) groups is 1. The monoisotopic (exact) mass is 618 g/mol. The first-order chi connectivity index (χ1) is 20.9. The number of benzene rings is 2. The lowest BCUT2D eigenvalue weighted by atomic mass is 9.50. The fraction of sp³-hybridized carbons (Fsp3) is 0.500. The van der Waals surface area contributed by atoms with Crippen molar-refractivity contribution < 1.29 is 23.1 Å². The second-order valence-electron chi connectivity index (χ2n) is 13.6. The van der Waals surface area contributed by atoms with Gasteiger partial charge in [-0.15, -0.1) is 0 Å². The lowest BCUT2D eigenvalue weighted by Crippen LogP contribution is -2.61. The summed E-state index contributed by atoms with van der Waals surface area (Å²) in [6, 6.07) is 11.9. The van der Waals surface area contributed by atoms with Crippen LogP contribution in [0.1, 0.15) is 73.0 Å². The Labute approximate surface area is 260 Å². The van der Waals surface area contributed by atoms with E-state index in [1.807, 2.05) is 43.9 Å². The molecule has 0 unspecified atom stereocenters. The van der Waals surface area contributed by atoms with Gasteiger partial charge in [-0.25, -0.2) is 18.1 Å². The Morgan fingerprint density at radius 3 is 2.39 bits per heavy atom. The molecule has 0 radical (unpaired) electrons. The molecule has 2 fully saturated rings. The number of sulfonamides is 1. The number of rotatable bonds is 5. The molecule has 2 N–H and O–H groups in total. The number of amides is 1. The third-order valence-corrected chi connectivity index (χ3v) is 11.0. The number of aliphatic hydroxyl groups is 1.